The molecule has 7 nitrogen and oxygen atoms in total. The Morgan fingerprint density at radius 3 is 2.52 bits per heavy atom. The van der Waals surface area contributed by atoms with Crippen molar-refractivity contribution in [3.63, 3.8) is 0 Å². The molecule has 0 saturated heterocycles. The number of halogens is 1. The first-order valence-electron chi connectivity index (χ1n) is 7.11. The first kappa shape index (κ1) is 18.5. The number of hydrogen-bond donors (Lipinski definition) is 2. The molecule has 3 N–H and O–H groups in total. The van der Waals surface area contributed by atoms with Gasteiger partial charge in [-0.2, -0.15) is 0 Å². The van der Waals surface area contributed by atoms with Crippen LogP contribution in [0.3, 0.4) is 0 Å². The Morgan fingerprint density at radius 1 is 1.08 bits per heavy atom. The van der Waals surface area contributed by atoms with E-state index in [2.05, 4.69) is 26.0 Å². The minimum atomic E-state index is -0.727. The second-order valence-corrected chi connectivity index (χ2v) is 5.81. The van der Waals surface area contributed by atoms with Crippen molar-refractivity contribution in [2.45, 2.75) is 0 Å². The van der Waals surface area contributed by atoms with E-state index in [4.69, 9.17) is 10.5 Å². The number of nitrogens with two attached hydrogens (primary N) is 1. The van der Waals surface area contributed by atoms with Crippen LogP contribution in [0.25, 0.3) is 0 Å². The summed E-state index contributed by atoms with van der Waals surface area (Å²) in [6, 6.07) is 11.1. The number of amides is 1. The van der Waals surface area contributed by atoms with Crippen LogP contribution >= 0.6 is 15.9 Å². The molecule has 0 atom stereocenters. The first-order chi connectivity index (χ1) is 11.9. The molecule has 0 radical (unpaired) electrons. The zero-order chi connectivity index (χ0) is 18.4. The molecule has 0 bridgehead atoms. The molecule has 0 aliphatic carbocycles. The van der Waals surface area contributed by atoms with Crippen molar-refractivity contribution < 1.29 is 23.9 Å². The molecule has 0 aromatic heterocycles. The van der Waals surface area contributed by atoms with Gasteiger partial charge in [-0.25, -0.2) is 9.59 Å². The van der Waals surface area contributed by atoms with E-state index < -0.39 is 24.5 Å². The van der Waals surface area contributed by atoms with Gasteiger partial charge in [-0.05, 0) is 30.3 Å². The average molecular weight is 407 g/mol. The molecular formula is C17H15BrN2O5. The summed E-state index contributed by atoms with van der Waals surface area (Å²) in [5.74, 6) is -1.91. The molecule has 130 valence electrons. The van der Waals surface area contributed by atoms with Gasteiger partial charge in [-0.3, -0.25) is 4.79 Å². The molecule has 0 unspecified atom stereocenters. The fraction of sp³-hybridized carbons (Fsp3) is 0.118. The predicted octanol–water partition coefficient (Wildman–Crippen LogP) is 2.61. The van der Waals surface area contributed by atoms with E-state index in [0.717, 1.165) is 0 Å². The third-order valence-corrected chi connectivity index (χ3v) is 3.67. The van der Waals surface area contributed by atoms with Crippen molar-refractivity contribution in [2.75, 3.05) is 24.8 Å². The lowest BCUT2D eigenvalue weighted by Crippen LogP contribution is -2.22. The van der Waals surface area contributed by atoms with Gasteiger partial charge in [0.15, 0.2) is 6.61 Å². The summed E-state index contributed by atoms with van der Waals surface area (Å²) in [4.78, 5) is 35.7. The minimum absolute atomic E-state index is 0.150. The van der Waals surface area contributed by atoms with Gasteiger partial charge >= 0.3 is 11.9 Å². The molecule has 0 spiro atoms. The molecule has 2 aromatic rings. The summed E-state index contributed by atoms with van der Waals surface area (Å²) in [6.45, 7) is -0.527. The van der Waals surface area contributed by atoms with E-state index in [-0.39, 0.29) is 22.5 Å². The summed E-state index contributed by atoms with van der Waals surface area (Å²) < 4.78 is 10.3. The SMILES string of the molecule is COC(=O)c1ccccc1NC(=O)COC(=O)c1cc(Br)ccc1N. The number of carbonyl (C=O) groups excluding carboxylic acids is 3. The van der Waals surface area contributed by atoms with Gasteiger partial charge in [0.05, 0.1) is 23.9 Å². The lowest BCUT2D eigenvalue weighted by Gasteiger charge is -2.10. The Labute approximate surface area is 152 Å². The number of esters is 2. The fourth-order valence-corrected chi connectivity index (χ4v) is 2.34. The summed E-state index contributed by atoms with van der Waals surface area (Å²) in [6.07, 6.45) is 0. The van der Waals surface area contributed by atoms with Crippen molar-refractivity contribution in [2.24, 2.45) is 0 Å². The number of benzene rings is 2. The fourth-order valence-electron chi connectivity index (χ4n) is 1.98. The number of nitrogens with one attached hydrogen (secondary N) is 1. The molecule has 0 saturated carbocycles. The highest BCUT2D eigenvalue weighted by Crippen LogP contribution is 2.19. The molecule has 0 aliphatic rings. The van der Waals surface area contributed by atoms with E-state index in [1.807, 2.05) is 0 Å². The van der Waals surface area contributed by atoms with Crippen LogP contribution in [0.15, 0.2) is 46.9 Å². The maximum absolute atomic E-state index is 12.0. The molecule has 2 aromatic carbocycles. The molecule has 0 heterocycles. The zero-order valence-corrected chi connectivity index (χ0v) is 14.8. The second kappa shape index (κ2) is 8.29. The van der Waals surface area contributed by atoms with Crippen LogP contribution in [0.2, 0.25) is 0 Å². The van der Waals surface area contributed by atoms with Crippen LogP contribution in [0, 0.1) is 0 Å². The smallest absolute Gasteiger partial charge is 0.340 e. The normalized spacial score (nSPS) is 10.0. The standard InChI is InChI=1S/C17H15BrN2O5/c1-24-16(22)11-4-2-3-5-14(11)20-15(21)9-25-17(23)12-8-10(18)6-7-13(12)19/h2-8H,9,19H2,1H3,(H,20,21). The maximum atomic E-state index is 12.0. The van der Waals surface area contributed by atoms with Crippen LogP contribution < -0.4 is 11.1 Å². The van der Waals surface area contributed by atoms with Gasteiger partial charge in [0.1, 0.15) is 0 Å². The largest absolute Gasteiger partial charge is 0.465 e. The Morgan fingerprint density at radius 2 is 1.80 bits per heavy atom. The molecule has 0 fully saturated rings. The topological polar surface area (TPSA) is 108 Å². The highest BCUT2D eigenvalue weighted by Gasteiger charge is 2.16. The number of rotatable bonds is 5. The van der Waals surface area contributed by atoms with Crippen molar-refractivity contribution in [3.8, 4) is 0 Å². The number of carbonyl (C=O) groups is 3. The third-order valence-electron chi connectivity index (χ3n) is 3.18. The van der Waals surface area contributed by atoms with Crippen molar-refractivity contribution in [3.05, 3.63) is 58.1 Å². The van der Waals surface area contributed by atoms with E-state index >= 15 is 0 Å². The quantitative estimate of drug-likeness (QED) is 0.583. The lowest BCUT2D eigenvalue weighted by molar-refractivity contribution is -0.119. The maximum Gasteiger partial charge on any atom is 0.340 e. The highest BCUT2D eigenvalue weighted by molar-refractivity contribution is 9.10. The second-order valence-electron chi connectivity index (χ2n) is 4.89. The van der Waals surface area contributed by atoms with Crippen molar-refractivity contribution >= 4 is 45.2 Å². The predicted molar refractivity (Wildman–Crippen MR) is 95.2 cm³/mol. The summed E-state index contributed by atoms with van der Waals surface area (Å²) >= 11 is 3.23. The Hall–Kier alpha value is -2.87. The van der Waals surface area contributed by atoms with Gasteiger partial charge in [0.2, 0.25) is 0 Å². The Balaban J connectivity index is 2.01. The first-order valence-corrected chi connectivity index (χ1v) is 7.91. The van der Waals surface area contributed by atoms with Crippen LogP contribution in [0.1, 0.15) is 20.7 Å². The monoisotopic (exact) mass is 406 g/mol. The van der Waals surface area contributed by atoms with E-state index in [9.17, 15) is 14.4 Å². The number of anilines is 2. The number of hydrogen-bond acceptors (Lipinski definition) is 6. The summed E-state index contributed by atoms with van der Waals surface area (Å²) in [5.41, 5.74) is 6.56. The molecule has 8 heteroatoms. The van der Waals surface area contributed by atoms with Gasteiger partial charge < -0.3 is 20.5 Å². The van der Waals surface area contributed by atoms with Gasteiger partial charge in [0, 0.05) is 10.2 Å². The molecule has 0 aliphatic heterocycles. The Kier molecular flexibility index (Phi) is 6.13. The molecule has 2 rings (SSSR count). The number of para-hydroxylation sites is 1. The van der Waals surface area contributed by atoms with Gasteiger partial charge in [-0.15, -0.1) is 0 Å². The van der Waals surface area contributed by atoms with Crippen LogP contribution in [0.5, 0.6) is 0 Å². The third kappa shape index (κ3) is 4.80. The zero-order valence-electron chi connectivity index (χ0n) is 13.2. The van der Waals surface area contributed by atoms with Crippen LogP contribution in [0.4, 0.5) is 11.4 Å². The summed E-state index contributed by atoms with van der Waals surface area (Å²) in [7, 11) is 1.24. The molecular weight excluding hydrogens is 392 g/mol. The average Bonchev–Trinajstić information content (AvgIpc) is 2.61. The Bertz CT molecular complexity index is 822. The van der Waals surface area contributed by atoms with Crippen LogP contribution in [-0.4, -0.2) is 31.6 Å². The number of methoxy groups -OCH3 is 1. The van der Waals surface area contributed by atoms with Crippen molar-refractivity contribution in [1.29, 1.82) is 0 Å². The van der Waals surface area contributed by atoms with E-state index in [1.54, 1.807) is 24.3 Å². The van der Waals surface area contributed by atoms with Gasteiger partial charge in [-0.1, -0.05) is 28.1 Å². The number of nitrogen functional groups attached to an aromatic ring is 1. The van der Waals surface area contributed by atoms with E-state index in [1.165, 1.54) is 25.3 Å². The number of ether oxygens (including phenoxy) is 2. The van der Waals surface area contributed by atoms with E-state index in [0.29, 0.717) is 4.47 Å². The highest BCUT2D eigenvalue weighted by atomic mass is 79.9. The molecule has 25 heavy (non-hydrogen) atoms. The lowest BCUT2D eigenvalue weighted by atomic mass is 10.2. The van der Waals surface area contributed by atoms with Crippen molar-refractivity contribution in [1.82, 2.24) is 0 Å². The minimum Gasteiger partial charge on any atom is -0.465 e. The molecule has 1 amide bonds. The van der Waals surface area contributed by atoms with Gasteiger partial charge in [0.25, 0.3) is 5.91 Å². The van der Waals surface area contributed by atoms with Crippen LogP contribution in [-0.2, 0) is 14.3 Å². The summed E-state index contributed by atoms with van der Waals surface area (Å²) in [5, 5.41) is 2.50.